The number of anilines is 1. The minimum Gasteiger partial charge on any atom is -0.478 e. The molecule has 1 aromatic carbocycles. The lowest BCUT2D eigenvalue weighted by Crippen LogP contribution is -2.44. The van der Waals surface area contributed by atoms with E-state index in [4.69, 9.17) is 5.11 Å². The predicted octanol–water partition coefficient (Wildman–Crippen LogP) is 3.23. The maximum Gasteiger partial charge on any atom is 0.335 e. The minimum atomic E-state index is -0.942. The number of aromatic nitrogens is 2. The molecule has 4 rings (SSSR count). The van der Waals surface area contributed by atoms with Gasteiger partial charge >= 0.3 is 5.97 Å². The van der Waals surface area contributed by atoms with Gasteiger partial charge in [0.15, 0.2) is 0 Å². The number of rotatable bonds is 5. The first-order valence-corrected chi connectivity index (χ1v) is 9.71. The third kappa shape index (κ3) is 4.24. The number of hydrogen-bond acceptors (Lipinski definition) is 5. The highest BCUT2D eigenvalue weighted by Gasteiger charge is 2.17. The van der Waals surface area contributed by atoms with Crippen molar-refractivity contribution < 1.29 is 9.90 Å². The van der Waals surface area contributed by atoms with Crippen molar-refractivity contribution in [2.75, 3.05) is 31.1 Å². The van der Waals surface area contributed by atoms with Crippen LogP contribution in [0.3, 0.4) is 0 Å². The molecule has 0 spiro atoms. The zero-order chi connectivity index (χ0) is 20.9. The van der Waals surface area contributed by atoms with Crippen molar-refractivity contribution in [3.8, 4) is 17.3 Å². The van der Waals surface area contributed by atoms with Gasteiger partial charge in [-0.3, -0.25) is 4.98 Å². The van der Waals surface area contributed by atoms with Crippen molar-refractivity contribution in [1.29, 1.82) is 5.26 Å². The van der Waals surface area contributed by atoms with Crippen molar-refractivity contribution in [3.05, 3.63) is 71.0 Å². The zero-order valence-corrected chi connectivity index (χ0v) is 16.3. The number of H-pyrrole nitrogens is 1. The Bertz CT molecular complexity index is 1120. The number of aromatic carboxylic acids is 1. The Hall–Kier alpha value is -3.89. The third-order valence-corrected chi connectivity index (χ3v) is 5.05. The number of carboxylic acids is 1. The van der Waals surface area contributed by atoms with Crippen LogP contribution in [0.15, 0.2) is 48.7 Å². The number of pyridine rings is 1. The summed E-state index contributed by atoms with van der Waals surface area (Å²) in [5, 5.41) is 21.9. The van der Waals surface area contributed by atoms with Crippen LogP contribution in [-0.4, -0.2) is 47.2 Å². The number of hydrogen-bond donors (Lipinski definition) is 3. The normalized spacial score (nSPS) is 14.0. The highest BCUT2D eigenvalue weighted by atomic mass is 16.4. The van der Waals surface area contributed by atoms with Crippen LogP contribution in [0.2, 0.25) is 0 Å². The quantitative estimate of drug-likeness (QED) is 0.608. The molecule has 1 aliphatic rings. The first-order valence-electron chi connectivity index (χ1n) is 9.71. The summed E-state index contributed by atoms with van der Waals surface area (Å²) in [5.74, 6) is -0.0795. The number of nitriles is 1. The van der Waals surface area contributed by atoms with Gasteiger partial charge in [-0.15, -0.1) is 0 Å². The first kappa shape index (κ1) is 19.4. The van der Waals surface area contributed by atoms with E-state index in [0.717, 1.165) is 54.5 Å². The smallest absolute Gasteiger partial charge is 0.335 e. The van der Waals surface area contributed by atoms with E-state index in [0.29, 0.717) is 5.56 Å². The molecule has 1 saturated heterocycles. The number of piperazine rings is 1. The largest absolute Gasteiger partial charge is 0.478 e. The van der Waals surface area contributed by atoms with E-state index in [-0.39, 0.29) is 5.56 Å². The molecule has 2 aromatic heterocycles. The number of nitrogens with one attached hydrogen (secondary N) is 2. The van der Waals surface area contributed by atoms with Crippen LogP contribution in [0.5, 0.6) is 0 Å². The van der Waals surface area contributed by atoms with E-state index < -0.39 is 5.97 Å². The number of carbonyl (C=O) groups is 1. The maximum absolute atomic E-state index is 11.0. The fourth-order valence-corrected chi connectivity index (χ4v) is 3.45. The molecule has 0 bridgehead atoms. The molecular formula is C23H21N5O2. The average molecular weight is 399 g/mol. The molecule has 3 N–H and O–H groups in total. The van der Waals surface area contributed by atoms with Gasteiger partial charge in [0.1, 0.15) is 11.9 Å². The van der Waals surface area contributed by atoms with E-state index in [1.165, 1.54) is 0 Å². The molecule has 3 heterocycles. The lowest BCUT2D eigenvalue weighted by atomic mass is 10.1. The highest BCUT2D eigenvalue weighted by molar-refractivity contribution is 5.88. The molecule has 0 atom stereocenters. The minimum absolute atomic E-state index is 0.257. The topological polar surface area (TPSA) is 105 Å². The Morgan fingerprint density at radius 1 is 1.13 bits per heavy atom. The SMILES string of the molecule is N#Cc1cc(-c2ccnc(/C=C/c3ccc(C(=O)O)cc3)c2)[nH]c1N1CCNCC1. The molecule has 0 radical (unpaired) electrons. The van der Waals surface area contributed by atoms with Gasteiger partial charge < -0.3 is 20.3 Å². The van der Waals surface area contributed by atoms with Crippen LogP contribution in [-0.2, 0) is 0 Å². The molecule has 3 aromatic rings. The molecule has 0 unspecified atom stereocenters. The van der Waals surface area contributed by atoms with Crippen LogP contribution in [0.25, 0.3) is 23.4 Å². The van der Waals surface area contributed by atoms with Crippen LogP contribution in [0.4, 0.5) is 5.82 Å². The molecule has 1 fully saturated rings. The molecule has 150 valence electrons. The van der Waals surface area contributed by atoms with Crippen molar-refractivity contribution in [2.45, 2.75) is 0 Å². The Kier molecular flexibility index (Phi) is 5.59. The number of benzene rings is 1. The molecule has 7 heteroatoms. The van der Waals surface area contributed by atoms with Gasteiger partial charge in [-0.05, 0) is 42.0 Å². The summed E-state index contributed by atoms with van der Waals surface area (Å²) < 4.78 is 0. The summed E-state index contributed by atoms with van der Waals surface area (Å²) in [6.07, 6.45) is 5.50. The fourth-order valence-electron chi connectivity index (χ4n) is 3.45. The van der Waals surface area contributed by atoms with Gasteiger partial charge in [-0.25, -0.2) is 4.79 Å². The molecule has 7 nitrogen and oxygen atoms in total. The maximum atomic E-state index is 11.0. The van der Waals surface area contributed by atoms with Gasteiger partial charge in [0.25, 0.3) is 0 Å². The first-order chi connectivity index (χ1) is 14.6. The fraction of sp³-hybridized carbons (Fsp3) is 0.174. The van der Waals surface area contributed by atoms with Gasteiger partial charge in [0.05, 0.1) is 16.8 Å². The van der Waals surface area contributed by atoms with E-state index in [1.807, 2.05) is 30.4 Å². The van der Waals surface area contributed by atoms with Crippen molar-refractivity contribution in [3.63, 3.8) is 0 Å². The lowest BCUT2D eigenvalue weighted by Gasteiger charge is -2.28. The summed E-state index contributed by atoms with van der Waals surface area (Å²) >= 11 is 0. The number of nitrogens with zero attached hydrogens (tertiary/aromatic N) is 3. The summed E-state index contributed by atoms with van der Waals surface area (Å²) in [5.41, 5.74) is 4.38. The number of carboxylic acid groups (broad SMARTS) is 1. The second kappa shape index (κ2) is 8.64. The third-order valence-electron chi connectivity index (χ3n) is 5.05. The molecule has 0 saturated carbocycles. The summed E-state index contributed by atoms with van der Waals surface area (Å²) in [4.78, 5) is 20.9. The monoisotopic (exact) mass is 399 g/mol. The van der Waals surface area contributed by atoms with Crippen molar-refractivity contribution >= 4 is 23.9 Å². The van der Waals surface area contributed by atoms with E-state index in [2.05, 4.69) is 26.3 Å². The standard InChI is InChI=1S/C23H21N5O2/c24-15-19-14-21(27-22(19)28-11-9-25-10-12-28)18-7-8-26-20(13-18)6-3-16-1-4-17(5-2-16)23(29)30/h1-8,13-14,25,27H,9-12H2,(H,29,30)/b6-3+. The molecule has 30 heavy (non-hydrogen) atoms. The van der Waals surface area contributed by atoms with Gasteiger partial charge in [0, 0.05) is 43.6 Å². The predicted molar refractivity (Wildman–Crippen MR) is 116 cm³/mol. The molecule has 0 amide bonds. The van der Waals surface area contributed by atoms with Gasteiger partial charge in [-0.1, -0.05) is 18.2 Å². The van der Waals surface area contributed by atoms with Crippen LogP contribution < -0.4 is 10.2 Å². The van der Waals surface area contributed by atoms with Crippen molar-refractivity contribution in [2.24, 2.45) is 0 Å². The van der Waals surface area contributed by atoms with E-state index in [1.54, 1.807) is 30.5 Å². The Balaban J connectivity index is 1.56. The van der Waals surface area contributed by atoms with Crippen molar-refractivity contribution in [1.82, 2.24) is 15.3 Å². The molecule has 0 aliphatic carbocycles. The van der Waals surface area contributed by atoms with Crippen LogP contribution in [0, 0.1) is 11.3 Å². The average Bonchev–Trinajstić information content (AvgIpc) is 3.23. The number of aromatic amines is 1. The van der Waals surface area contributed by atoms with Crippen LogP contribution >= 0.6 is 0 Å². The van der Waals surface area contributed by atoms with Gasteiger partial charge in [0.2, 0.25) is 0 Å². The second-order valence-electron chi connectivity index (χ2n) is 7.02. The lowest BCUT2D eigenvalue weighted by molar-refractivity contribution is 0.0697. The second-order valence-corrected chi connectivity index (χ2v) is 7.02. The Labute approximate surface area is 174 Å². The Morgan fingerprint density at radius 3 is 2.60 bits per heavy atom. The summed E-state index contributed by atoms with van der Waals surface area (Å²) in [6.45, 7) is 3.52. The Morgan fingerprint density at radius 2 is 1.90 bits per heavy atom. The highest BCUT2D eigenvalue weighted by Crippen LogP contribution is 2.28. The van der Waals surface area contributed by atoms with Gasteiger partial charge in [-0.2, -0.15) is 5.26 Å². The van der Waals surface area contributed by atoms with E-state index >= 15 is 0 Å². The summed E-state index contributed by atoms with van der Waals surface area (Å²) in [7, 11) is 0. The summed E-state index contributed by atoms with van der Waals surface area (Å²) in [6, 6.07) is 14.7. The zero-order valence-electron chi connectivity index (χ0n) is 16.3. The molecular weight excluding hydrogens is 378 g/mol. The van der Waals surface area contributed by atoms with E-state index in [9.17, 15) is 10.1 Å². The van der Waals surface area contributed by atoms with Crippen LogP contribution in [0.1, 0.15) is 27.2 Å². The molecule has 1 aliphatic heterocycles.